The van der Waals surface area contributed by atoms with E-state index in [2.05, 4.69) is 16.3 Å². The molecule has 1 aromatic carbocycles. The molecule has 5 nitrogen and oxygen atoms in total. The van der Waals surface area contributed by atoms with Crippen LogP contribution in [0.25, 0.3) is 0 Å². The summed E-state index contributed by atoms with van der Waals surface area (Å²) in [6.07, 6.45) is 0.472. The average Bonchev–Trinajstić information content (AvgIpc) is 2.94. The Morgan fingerprint density at radius 3 is 2.95 bits per heavy atom. The van der Waals surface area contributed by atoms with Gasteiger partial charge in [0.2, 0.25) is 6.79 Å². The fourth-order valence-electron chi connectivity index (χ4n) is 2.73. The highest BCUT2D eigenvalue weighted by Crippen LogP contribution is 2.41. The number of fused-ring (bicyclic) bond motifs is 1. The Morgan fingerprint density at radius 1 is 1.32 bits per heavy atom. The van der Waals surface area contributed by atoms with E-state index in [1.54, 1.807) is 0 Å². The van der Waals surface area contributed by atoms with Crippen LogP contribution in [0.15, 0.2) is 18.2 Å². The molecule has 1 aromatic rings. The van der Waals surface area contributed by atoms with Gasteiger partial charge in [0.05, 0.1) is 18.5 Å². The zero-order valence-corrected chi connectivity index (χ0v) is 10.8. The van der Waals surface area contributed by atoms with Crippen LogP contribution in [0.3, 0.4) is 0 Å². The summed E-state index contributed by atoms with van der Waals surface area (Å²) in [4.78, 5) is 2.34. The van der Waals surface area contributed by atoms with Gasteiger partial charge in [0, 0.05) is 31.7 Å². The predicted octanol–water partition coefficient (Wildman–Crippen LogP) is 1.28. The maximum absolute atomic E-state index is 9.11. The smallest absolute Gasteiger partial charge is 0.231 e. The summed E-state index contributed by atoms with van der Waals surface area (Å²) in [6.45, 7) is 4.11. The highest BCUT2D eigenvalue weighted by molar-refractivity contribution is 5.49. The van der Waals surface area contributed by atoms with Crippen molar-refractivity contribution >= 4 is 0 Å². The van der Waals surface area contributed by atoms with Gasteiger partial charge in [-0.1, -0.05) is 12.1 Å². The summed E-state index contributed by atoms with van der Waals surface area (Å²) in [5.74, 6) is 1.59. The van der Waals surface area contributed by atoms with Gasteiger partial charge in [-0.2, -0.15) is 5.26 Å². The second-order valence-corrected chi connectivity index (χ2v) is 4.75. The van der Waals surface area contributed by atoms with Crippen LogP contribution < -0.4 is 14.8 Å². The molecule has 0 aliphatic carbocycles. The van der Waals surface area contributed by atoms with Gasteiger partial charge in [-0.3, -0.25) is 4.90 Å². The first-order chi connectivity index (χ1) is 9.40. The van der Waals surface area contributed by atoms with Gasteiger partial charge in [-0.15, -0.1) is 0 Å². The summed E-state index contributed by atoms with van der Waals surface area (Å²) >= 11 is 0. The third kappa shape index (κ3) is 2.37. The molecule has 19 heavy (non-hydrogen) atoms. The van der Waals surface area contributed by atoms with Crippen LogP contribution in [0.4, 0.5) is 0 Å². The molecular formula is C14H17N3O2. The summed E-state index contributed by atoms with van der Waals surface area (Å²) in [5.41, 5.74) is 1.07. The van der Waals surface area contributed by atoms with Crippen LogP contribution in [0, 0.1) is 11.3 Å². The normalized spacial score (nSPS) is 19.9. The number of nitrogens with one attached hydrogen (secondary N) is 1. The quantitative estimate of drug-likeness (QED) is 0.886. The number of hydrogen-bond donors (Lipinski definition) is 1. The molecule has 1 fully saturated rings. The molecule has 0 saturated carbocycles. The van der Waals surface area contributed by atoms with E-state index in [1.165, 1.54) is 0 Å². The lowest BCUT2D eigenvalue weighted by atomic mass is 10.00. The number of rotatable bonds is 3. The Kier molecular flexibility index (Phi) is 3.53. The van der Waals surface area contributed by atoms with Gasteiger partial charge in [-0.05, 0) is 6.07 Å². The van der Waals surface area contributed by atoms with Crippen LogP contribution in [0.2, 0.25) is 0 Å². The summed E-state index contributed by atoms with van der Waals surface area (Å²) in [7, 11) is 0. The molecule has 0 aromatic heterocycles. The van der Waals surface area contributed by atoms with Gasteiger partial charge in [0.25, 0.3) is 0 Å². The molecule has 2 heterocycles. The first-order valence-corrected chi connectivity index (χ1v) is 6.60. The second-order valence-electron chi connectivity index (χ2n) is 4.75. The van der Waals surface area contributed by atoms with E-state index < -0.39 is 0 Å². The number of nitrogens with zero attached hydrogens (tertiary/aromatic N) is 2. The largest absolute Gasteiger partial charge is 0.454 e. The first kappa shape index (κ1) is 12.3. The van der Waals surface area contributed by atoms with Gasteiger partial charge in [-0.25, -0.2) is 0 Å². The van der Waals surface area contributed by atoms with E-state index in [0.717, 1.165) is 43.2 Å². The summed E-state index contributed by atoms with van der Waals surface area (Å²) in [6, 6.07) is 8.30. The molecule has 1 N–H and O–H groups in total. The molecule has 0 spiro atoms. The van der Waals surface area contributed by atoms with Crippen LogP contribution >= 0.6 is 0 Å². The Morgan fingerprint density at radius 2 is 2.16 bits per heavy atom. The SMILES string of the molecule is N#CC[C@@H](c1cccc2c1OCO2)N1CCNCC1. The third-order valence-corrected chi connectivity index (χ3v) is 3.66. The molecule has 0 unspecified atom stereocenters. The van der Waals surface area contributed by atoms with Crippen molar-refractivity contribution in [3.63, 3.8) is 0 Å². The summed E-state index contributed by atoms with van der Waals surface area (Å²) < 4.78 is 11.0. The van der Waals surface area contributed by atoms with Crippen LogP contribution in [-0.2, 0) is 0 Å². The number of ether oxygens (including phenoxy) is 2. The number of para-hydroxylation sites is 1. The van der Waals surface area contributed by atoms with E-state index in [-0.39, 0.29) is 12.8 Å². The third-order valence-electron chi connectivity index (χ3n) is 3.66. The Labute approximate surface area is 112 Å². The zero-order chi connectivity index (χ0) is 13.1. The Balaban J connectivity index is 1.91. The highest BCUT2D eigenvalue weighted by atomic mass is 16.7. The average molecular weight is 259 g/mol. The fourth-order valence-corrected chi connectivity index (χ4v) is 2.73. The number of benzene rings is 1. The molecule has 0 bridgehead atoms. The standard InChI is InChI=1S/C14H17N3O2/c15-5-4-12(17-8-6-16-7-9-17)11-2-1-3-13-14(11)19-10-18-13/h1-3,12,16H,4,6-10H2/t12-/m0/s1. The minimum Gasteiger partial charge on any atom is -0.454 e. The fraction of sp³-hybridized carbons (Fsp3) is 0.500. The van der Waals surface area contributed by atoms with Crippen molar-refractivity contribution in [2.75, 3.05) is 33.0 Å². The van der Waals surface area contributed by atoms with Crippen molar-refractivity contribution in [2.45, 2.75) is 12.5 Å². The topological polar surface area (TPSA) is 57.5 Å². The van der Waals surface area contributed by atoms with Gasteiger partial charge >= 0.3 is 0 Å². The molecule has 2 aliphatic rings. The Hall–Kier alpha value is -1.77. The molecule has 100 valence electrons. The number of hydrogen-bond acceptors (Lipinski definition) is 5. The van der Waals surface area contributed by atoms with E-state index in [0.29, 0.717) is 6.42 Å². The maximum Gasteiger partial charge on any atom is 0.231 e. The van der Waals surface area contributed by atoms with Gasteiger partial charge < -0.3 is 14.8 Å². The van der Waals surface area contributed by atoms with Crippen molar-refractivity contribution in [1.29, 1.82) is 5.26 Å². The molecular weight excluding hydrogens is 242 g/mol. The van der Waals surface area contributed by atoms with E-state index in [9.17, 15) is 0 Å². The minimum atomic E-state index is 0.0868. The number of piperazine rings is 1. The molecule has 1 atom stereocenters. The van der Waals surface area contributed by atoms with Crippen molar-refractivity contribution in [2.24, 2.45) is 0 Å². The lowest BCUT2D eigenvalue weighted by Crippen LogP contribution is -2.45. The van der Waals surface area contributed by atoms with Crippen LogP contribution in [0.1, 0.15) is 18.0 Å². The predicted molar refractivity (Wildman–Crippen MR) is 70.0 cm³/mol. The van der Waals surface area contributed by atoms with Gasteiger partial charge in [0.15, 0.2) is 11.5 Å². The van der Waals surface area contributed by atoms with Crippen molar-refractivity contribution in [3.8, 4) is 17.6 Å². The van der Waals surface area contributed by atoms with Crippen LogP contribution in [-0.4, -0.2) is 37.9 Å². The highest BCUT2D eigenvalue weighted by Gasteiger charge is 2.28. The molecule has 0 amide bonds. The van der Waals surface area contributed by atoms with Gasteiger partial charge in [0.1, 0.15) is 0 Å². The summed E-state index contributed by atoms with van der Waals surface area (Å²) in [5, 5.41) is 12.4. The lowest BCUT2D eigenvalue weighted by molar-refractivity contribution is 0.159. The second kappa shape index (κ2) is 5.47. The first-order valence-electron chi connectivity index (χ1n) is 6.60. The molecule has 3 rings (SSSR count). The van der Waals surface area contributed by atoms with Crippen molar-refractivity contribution in [1.82, 2.24) is 10.2 Å². The van der Waals surface area contributed by atoms with E-state index >= 15 is 0 Å². The van der Waals surface area contributed by atoms with Crippen molar-refractivity contribution < 1.29 is 9.47 Å². The van der Waals surface area contributed by atoms with Crippen molar-refractivity contribution in [3.05, 3.63) is 23.8 Å². The monoisotopic (exact) mass is 259 g/mol. The molecule has 5 heteroatoms. The van der Waals surface area contributed by atoms with Crippen LogP contribution in [0.5, 0.6) is 11.5 Å². The molecule has 2 aliphatic heterocycles. The molecule has 0 radical (unpaired) electrons. The lowest BCUT2D eigenvalue weighted by Gasteiger charge is -2.34. The minimum absolute atomic E-state index is 0.0868. The maximum atomic E-state index is 9.11. The zero-order valence-electron chi connectivity index (χ0n) is 10.8. The number of nitriles is 1. The molecule has 1 saturated heterocycles. The van der Waals surface area contributed by atoms with E-state index in [4.69, 9.17) is 14.7 Å². The Bertz CT molecular complexity index is 492. The van der Waals surface area contributed by atoms with E-state index in [1.807, 2.05) is 18.2 Å².